The van der Waals surface area contributed by atoms with Gasteiger partial charge < -0.3 is 24.4 Å². The summed E-state index contributed by atoms with van der Waals surface area (Å²) >= 11 is 0. The Morgan fingerprint density at radius 1 is 1.18 bits per heavy atom. The number of carbonyl (C=O) groups is 1. The molecule has 1 rings (SSSR count). The van der Waals surface area contributed by atoms with Crippen molar-refractivity contribution < 1.29 is 29.2 Å². The lowest BCUT2D eigenvalue weighted by Crippen LogP contribution is -2.07. The van der Waals surface area contributed by atoms with E-state index in [4.69, 9.17) is 19.3 Å². The summed E-state index contributed by atoms with van der Waals surface area (Å²) in [5.74, 6) is -0.0153. The van der Waals surface area contributed by atoms with E-state index in [1.807, 2.05) is 6.92 Å². The molecule has 6 nitrogen and oxygen atoms in total. The van der Waals surface area contributed by atoms with Gasteiger partial charge in [-0.2, -0.15) is 0 Å². The second kappa shape index (κ2) is 9.15. The Balaban J connectivity index is 2.70. The Morgan fingerprint density at radius 2 is 1.77 bits per heavy atom. The summed E-state index contributed by atoms with van der Waals surface area (Å²) in [6, 6.07) is 2.81. The van der Waals surface area contributed by atoms with Crippen molar-refractivity contribution in [2.75, 3.05) is 20.8 Å². The molecule has 0 spiro atoms. The van der Waals surface area contributed by atoms with E-state index in [1.54, 1.807) is 0 Å². The molecule has 1 aromatic rings. The number of ether oxygens (including phenoxy) is 3. The van der Waals surface area contributed by atoms with Crippen molar-refractivity contribution in [1.29, 1.82) is 0 Å². The number of aliphatic hydroxyl groups excluding tert-OH is 1. The second-order valence-corrected chi connectivity index (χ2v) is 4.92. The maximum absolute atomic E-state index is 11.1. The number of aliphatic hydroxyl groups is 1. The molecule has 1 unspecified atom stereocenters. The number of carboxylic acid groups (broad SMARTS) is 1. The SMILES string of the molecule is CCC(O)CCCCOc1c(OC)cc(C(=O)O)cc1OC. The van der Waals surface area contributed by atoms with Crippen LogP contribution in [-0.2, 0) is 0 Å². The third kappa shape index (κ3) is 5.11. The van der Waals surface area contributed by atoms with E-state index in [-0.39, 0.29) is 11.7 Å². The summed E-state index contributed by atoms with van der Waals surface area (Å²) < 4.78 is 16.0. The Hall–Kier alpha value is -1.95. The highest BCUT2D eigenvalue weighted by Crippen LogP contribution is 2.38. The number of rotatable bonds is 10. The summed E-state index contributed by atoms with van der Waals surface area (Å²) in [6.07, 6.45) is 2.86. The minimum Gasteiger partial charge on any atom is -0.493 e. The summed E-state index contributed by atoms with van der Waals surface area (Å²) in [7, 11) is 2.90. The molecule has 0 heterocycles. The standard InChI is InChI=1S/C16H24O6/c1-4-12(17)7-5-6-8-22-15-13(20-2)9-11(16(18)19)10-14(15)21-3/h9-10,12,17H,4-8H2,1-3H3,(H,18,19). The van der Waals surface area contributed by atoms with Gasteiger partial charge in [-0.3, -0.25) is 0 Å². The smallest absolute Gasteiger partial charge is 0.335 e. The predicted molar refractivity (Wildman–Crippen MR) is 82.1 cm³/mol. The molecule has 0 aromatic heterocycles. The molecule has 6 heteroatoms. The van der Waals surface area contributed by atoms with Crippen LogP contribution >= 0.6 is 0 Å². The second-order valence-electron chi connectivity index (χ2n) is 4.92. The fourth-order valence-electron chi connectivity index (χ4n) is 2.01. The first-order valence-electron chi connectivity index (χ1n) is 7.33. The van der Waals surface area contributed by atoms with Crippen molar-refractivity contribution in [3.8, 4) is 17.2 Å². The van der Waals surface area contributed by atoms with Crippen molar-refractivity contribution in [2.24, 2.45) is 0 Å². The van der Waals surface area contributed by atoms with Crippen LogP contribution in [0.3, 0.4) is 0 Å². The van der Waals surface area contributed by atoms with E-state index < -0.39 is 5.97 Å². The van der Waals surface area contributed by atoms with Crippen LogP contribution in [-0.4, -0.2) is 43.1 Å². The molecule has 1 aromatic carbocycles. The van der Waals surface area contributed by atoms with Crippen LogP contribution < -0.4 is 14.2 Å². The molecule has 22 heavy (non-hydrogen) atoms. The quantitative estimate of drug-likeness (QED) is 0.646. The van der Waals surface area contributed by atoms with Crippen LogP contribution in [0.5, 0.6) is 17.2 Å². The van der Waals surface area contributed by atoms with E-state index in [0.717, 1.165) is 25.7 Å². The van der Waals surface area contributed by atoms with Crippen molar-refractivity contribution in [3.05, 3.63) is 17.7 Å². The number of hydrogen-bond acceptors (Lipinski definition) is 5. The molecule has 0 aliphatic heterocycles. The molecular weight excluding hydrogens is 288 g/mol. The molecule has 1 atom stereocenters. The van der Waals surface area contributed by atoms with Crippen LogP contribution in [0.2, 0.25) is 0 Å². The summed E-state index contributed by atoms with van der Waals surface area (Å²) in [4.78, 5) is 11.1. The van der Waals surface area contributed by atoms with Gasteiger partial charge in [-0.25, -0.2) is 4.79 Å². The van der Waals surface area contributed by atoms with Crippen molar-refractivity contribution in [2.45, 2.75) is 38.7 Å². The van der Waals surface area contributed by atoms with Gasteiger partial charge in [0.05, 0.1) is 32.5 Å². The van der Waals surface area contributed by atoms with E-state index in [1.165, 1.54) is 26.4 Å². The third-order valence-electron chi connectivity index (χ3n) is 3.36. The highest BCUT2D eigenvalue weighted by molar-refractivity contribution is 5.89. The average Bonchev–Trinajstić information content (AvgIpc) is 2.53. The zero-order valence-electron chi connectivity index (χ0n) is 13.3. The van der Waals surface area contributed by atoms with Crippen molar-refractivity contribution >= 4 is 5.97 Å². The Kier molecular flexibility index (Phi) is 7.52. The monoisotopic (exact) mass is 312 g/mol. The molecule has 0 aliphatic rings. The summed E-state index contributed by atoms with van der Waals surface area (Å²) in [6.45, 7) is 2.39. The maximum Gasteiger partial charge on any atom is 0.335 e. The van der Waals surface area contributed by atoms with Gasteiger partial charge in [0.25, 0.3) is 0 Å². The van der Waals surface area contributed by atoms with Gasteiger partial charge in [0.2, 0.25) is 5.75 Å². The van der Waals surface area contributed by atoms with Crippen LogP contribution in [0.1, 0.15) is 43.0 Å². The fourth-order valence-corrected chi connectivity index (χ4v) is 2.01. The van der Waals surface area contributed by atoms with Gasteiger partial charge in [-0.15, -0.1) is 0 Å². The number of carboxylic acids is 1. The van der Waals surface area contributed by atoms with Gasteiger partial charge >= 0.3 is 5.97 Å². The molecule has 0 saturated carbocycles. The first-order chi connectivity index (χ1) is 10.5. The van der Waals surface area contributed by atoms with E-state index >= 15 is 0 Å². The van der Waals surface area contributed by atoms with Crippen molar-refractivity contribution in [3.63, 3.8) is 0 Å². The zero-order chi connectivity index (χ0) is 16.5. The number of aromatic carboxylic acids is 1. The molecule has 0 bridgehead atoms. The highest BCUT2D eigenvalue weighted by Gasteiger charge is 2.17. The maximum atomic E-state index is 11.1. The number of methoxy groups -OCH3 is 2. The van der Waals surface area contributed by atoms with Gasteiger partial charge in [0.15, 0.2) is 11.5 Å². The molecule has 2 N–H and O–H groups in total. The lowest BCUT2D eigenvalue weighted by molar-refractivity contribution is 0.0696. The topological polar surface area (TPSA) is 85.2 Å². The zero-order valence-corrected chi connectivity index (χ0v) is 13.3. The summed E-state index contributed by atoms with van der Waals surface area (Å²) in [5.41, 5.74) is 0.0760. The number of benzene rings is 1. The Morgan fingerprint density at radius 3 is 2.23 bits per heavy atom. The van der Waals surface area contributed by atoms with Gasteiger partial charge in [0.1, 0.15) is 0 Å². The van der Waals surface area contributed by atoms with Crippen LogP contribution in [0, 0.1) is 0 Å². The number of unbranched alkanes of at least 4 members (excludes halogenated alkanes) is 1. The molecule has 0 fully saturated rings. The van der Waals surface area contributed by atoms with Gasteiger partial charge in [-0.05, 0) is 37.8 Å². The molecule has 0 aliphatic carbocycles. The molecule has 124 valence electrons. The third-order valence-corrected chi connectivity index (χ3v) is 3.36. The fraction of sp³-hybridized carbons (Fsp3) is 0.562. The van der Waals surface area contributed by atoms with Crippen LogP contribution in [0.15, 0.2) is 12.1 Å². The minimum absolute atomic E-state index is 0.0760. The average molecular weight is 312 g/mol. The van der Waals surface area contributed by atoms with Crippen LogP contribution in [0.25, 0.3) is 0 Å². The Labute approximate surface area is 130 Å². The normalized spacial score (nSPS) is 11.8. The van der Waals surface area contributed by atoms with E-state index in [2.05, 4.69) is 0 Å². The molecule has 0 radical (unpaired) electrons. The van der Waals surface area contributed by atoms with Crippen molar-refractivity contribution in [1.82, 2.24) is 0 Å². The van der Waals surface area contributed by atoms with E-state index in [0.29, 0.717) is 23.9 Å². The number of hydrogen-bond donors (Lipinski definition) is 2. The van der Waals surface area contributed by atoms with E-state index in [9.17, 15) is 9.90 Å². The first kappa shape index (κ1) is 18.1. The summed E-state index contributed by atoms with van der Waals surface area (Å²) in [5, 5.41) is 18.5. The lowest BCUT2D eigenvalue weighted by atomic mass is 10.1. The Bertz CT molecular complexity index is 461. The molecule has 0 amide bonds. The largest absolute Gasteiger partial charge is 0.493 e. The predicted octanol–water partition coefficient (Wildman–Crippen LogP) is 2.72. The highest BCUT2D eigenvalue weighted by atomic mass is 16.5. The minimum atomic E-state index is -1.06. The molecular formula is C16H24O6. The lowest BCUT2D eigenvalue weighted by Gasteiger charge is -2.15. The van der Waals surface area contributed by atoms with Gasteiger partial charge in [0, 0.05) is 0 Å². The van der Waals surface area contributed by atoms with Gasteiger partial charge in [-0.1, -0.05) is 6.92 Å². The first-order valence-corrected chi connectivity index (χ1v) is 7.33. The van der Waals surface area contributed by atoms with Crippen LogP contribution in [0.4, 0.5) is 0 Å². The molecule has 0 saturated heterocycles.